The minimum atomic E-state index is -0.161. The third-order valence-corrected chi connectivity index (χ3v) is 7.55. The normalized spacial score (nSPS) is 24.7. The Kier molecular flexibility index (Phi) is 5.86. The number of benzene rings is 1. The molecule has 5 rings (SSSR count). The molecule has 3 aliphatic rings. The fourth-order valence-electron chi connectivity index (χ4n) is 5.15. The molecule has 1 aliphatic carbocycles. The predicted molar refractivity (Wildman–Crippen MR) is 120 cm³/mol. The van der Waals surface area contributed by atoms with Crippen molar-refractivity contribution in [2.75, 3.05) is 29.9 Å². The average Bonchev–Trinajstić information content (AvgIpc) is 3.50. The van der Waals surface area contributed by atoms with Gasteiger partial charge in [-0.05, 0) is 44.2 Å². The summed E-state index contributed by atoms with van der Waals surface area (Å²) in [6, 6.07) is 11.8. The Morgan fingerprint density at radius 1 is 1.07 bits per heavy atom. The number of aromatic nitrogens is 2. The first-order valence-corrected chi connectivity index (χ1v) is 12.0. The van der Waals surface area contributed by atoms with E-state index in [4.69, 9.17) is 0 Å². The van der Waals surface area contributed by atoms with E-state index in [1.165, 1.54) is 49.1 Å². The van der Waals surface area contributed by atoms with Gasteiger partial charge in [0.25, 0.3) is 0 Å². The van der Waals surface area contributed by atoms with Gasteiger partial charge in [0, 0.05) is 31.2 Å². The maximum Gasteiger partial charge on any atom is 0.321 e. The molecule has 0 radical (unpaired) electrons. The zero-order valence-electron chi connectivity index (χ0n) is 17.3. The second-order valence-electron chi connectivity index (χ2n) is 8.76. The summed E-state index contributed by atoms with van der Waals surface area (Å²) in [5, 5.41) is 16.2. The van der Waals surface area contributed by atoms with Gasteiger partial charge in [-0.3, -0.25) is 10.2 Å². The summed E-state index contributed by atoms with van der Waals surface area (Å²) in [7, 11) is 0. The molecule has 1 aromatic heterocycles. The van der Waals surface area contributed by atoms with Crippen molar-refractivity contribution in [3.63, 3.8) is 0 Å². The molecule has 160 valence electrons. The van der Waals surface area contributed by atoms with E-state index < -0.39 is 0 Å². The number of amides is 2. The summed E-state index contributed by atoms with van der Waals surface area (Å²) in [5.74, 6) is 0. The Bertz CT molecular complexity index is 852. The van der Waals surface area contributed by atoms with Gasteiger partial charge in [-0.1, -0.05) is 54.5 Å². The summed E-state index contributed by atoms with van der Waals surface area (Å²) in [4.78, 5) is 17.4. The van der Waals surface area contributed by atoms with Crippen LogP contribution in [0, 0.1) is 0 Å². The Morgan fingerprint density at radius 3 is 2.73 bits per heavy atom. The molecule has 2 N–H and O–H groups in total. The largest absolute Gasteiger partial charge is 0.340 e. The molecule has 3 heterocycles. The lowest BCUT2D eigenvalue weighted by atomic mass is 10.0. The molecule has 2 aliphatic heterocycles. The number of carbonyl (C=O) groups is 1. The number of carbonyl (C=O) groups excluding carboxylic acids is 1. The fraction of sp³-hybridized carbons (Fsp3) is 0.591. The first-order chi connectivity index (χ1) is 14.7. The summed E-state index contributed by atoms with van der Waals surface area (Å²) >= 11 is 1.49. The van der Waals surface area contributed by atoms with Crippen LogP contribution in [0.2, 0.25) is 0 Å². The summed E-state index contributed by atoms with van der Waals surface area (Å²) in [5.41, 5.74) is 1.35. The van der Waals surface area contributed by atoms with E-state index in [0.717, 1.165) is 37.5 Å². The molecule has 0 spiro atoms. The van der Waals surface area contributed by atoms with Crippen LogP contribution in [-0.2, 0) is 6.42 Å². The molecule has 2 atom stereocenters. The third-order valence-electron chi connectivity index (χ3n) is 6.68. The molecule has 2 aromatic rings. The van der Waals surface area contributed by atoms with E-state index in [2.05, 4.69) is 61.0 Å². The summed E-state index contributed by atoms with van der Waals surface area (Å²) < 4.78 is 0. The van der Waals surface area contributed by atoms with Gasteiger partial charge in [0.2, 0.25) is 10.3 Å². The lowest BCUT2D eigenvalue weighted by Crippen LogP contribution is -2.57. The Balaban J connectivity index is 1.28. The van der Waals surface area contributed by atoms with Gasteiger partial charge in [-0.15, -0.1) is 10.2 Å². The molecule has 2 amide bonds. The molecule has 7 nitrogen and oxygen atoms in total. The number of rotatable bonds is 5. The first-order valence-electron chi connectivity index (χ1n) is 11.2. The van der Waals surface area contributed by atoms with Crippen molar-refractivity contribution >= 4 is 27.6 Å². The standard InChI is InChI=1S/C22H30N6OS/c29-20(23-17-9-4-5-10-17)24-21-25-26-22(30-21)28-15-18-11-6-12-27(18)14-19(28)13-16-7-2-1-3-8-16/h1-3,7-8,17-19H,4-6,9-15H2,(H2,23,24,25,29)/t18-,19-/m0/s1. The van der Waals surface area contributed by atoms with Crippen molar-refractivity contribution in [3.05, 3.63) is 35.9 Å². The molecule has 1 aromatic carbocycles. The van der Waals surface area contributed by atoms with E-state index in [9.17, 15) is 4.79 Å². The van der Waals surface area contributed by atoms with Gasteiger partial charge in [0.1, 0.15) is 0 Å². The molecule has 8 heteroatoms. The molecule has 0 unspecified atom stereocenters. The number of urea groups is 1. The number of anilines is 2. The van der Waals surface area contributed by atoms with E-state index in [-0.39, 0.29) is 6.03 Å². The Labute approximate surface area is 181 Å². The van der Waals surface area contributed by atoms with Crippen LogP contribution in [0.4, 0.5) is 15.1 Å². The van der Waals surface area contributed by atoms with Gasteiger partial charge in [0.15, 0.2) is 0 Å². The quantitative estimate of drug-likeness (QED) is 0.766. The third kappa shape index (κ3) is 4.44. The lowest BCUT2D eigenvalue weighted by Gasteiger charge is -2.43. The van der Waals surface area contributed by atoms with Crippen molar-refractivity contribution in [3.8, 4) is 0 Å². The van der Waals surface area contributed by atoms with Gasteiger partial charge in [-0.2, -0.15) is 0 Å². The van der Waals surface area contributed by atoms with E-state index in [1.807, 2.05) is 0 Å². The molecular formula is C22H30N6OS. The number of fused-ring (bicyclic) bond motifs is 1. The molecule has 2 saturated heterocycles. The number of nitrogens with zero attached hydrogens (tertiary/aromatic N) is 4. The monoisotopic (exact) mass is 426 g/mol. The number of piperazine rings is 1. The minimum absolute atomic E-state index is 0.161. The molecule has 1 saturated carbocycles. The van der Waals surface area contributed by atoms with Crippen molar-refractivity contribution in [2.24, 2.45) is 0 Å². The van der Waals surface area contributed by atoms with Gasteiger partial charge >= 0.3 is 6.03 Å². The number of nitrogens with one attached hydrogen (secondary N) is 2. The highest BCUT2D eigenvalue weighted by Crippen LogP contribution is 2.33. The van der Waals surface area contributed by atoms with Crippen molar-refractivity contribution in [1.29, 1.82) is 0 Å². The highest BCUT2D eigenvalue weighted by Gasteiger charge is 2.37. The van der Waals surface area contributed by atoms with E-state index in [0.29, 0.717) is 23.3 Å². The highest BCUT2D eigenvalue weighted by atomic mass is 32.1. The van der Waals surface area contributed by atoms with Crippen LogP contribution in [0.15, 0.2) is 30.3 Å². The van der Waals surface area contributed by atoms with Crippen LogP contribution in [0.1, 0.15) is 44.1 Å². The molecule has 3 fully saturated rings. The zero-order chi connectivity index (χ0) is 20.3. The van der Waals surface area contributed by atoms with Crippen LogP contribution < -0.4 is 15.5 Å². The minimum Gasteiger partial charge on any atom is -0.340 e. The van der Waals surface area contributed by atoms with E-state index in [1.54, 1.807) is 0 Å². The maximum atomic E-state index is 12.3. The smallest absolute Gasteiger partial charge is 0.321 e. The Hall–Kier alpha value is -2.19. The van der Waals surface area contributed by atoms with Crippen LogP contribution in [-0.4, -0.2) is 58.9 Å². The van der Waals surface area contributed by atoms with Crippen molar-refractivity contribution in [2.45, 2.75) is 63.1 Å². The average molecular weight is 427 g/mol. The van der Waals surface area contributed by atoms with Crippen LogP contribution in [0.5, 0.6) is 0 Å². The van der Waals surface area contributed by atoms with Crippen molar-refractivity contribution < 1.29 is 4.79 Å². The van der Waals surface area contributed by atoms with E-state index >= 15 is 0 Å². The Morgan fingerprint density at radius 2 is 1.90 bits per heavy atom. The fourth-order valence-corrected chi connectivity index (χ4v) is 5.97. The lowest BCUT2D eigenvalue weighted by molar-refractivity contribution is 0.196. The first kappa shape index (κ1) is 19.8. The van der Waals surface area contributed by atoms with Gasteiger partial charge in [0.05, 0.1) is 0 Å². The molecule has 30 heavy (non-hydrogen) atoms. The second kappa shape index (κ2) is 8.89. The predicted octanol–water partition coefficient (Wildman–Crippen LogP) is 3.50. The van der Waals surface area contributed by atoms with Crippen molar-refractivity contribution in [1.82, 2.24) is 20.4 Å². The topological polar surface area (TPSA) is 73.4 Å². The summed E-state index contributed by atoms with van der Waals surface area (Å²) in [6.07, 6.45) is 8.06. The van der Waals surface area contributed by atoms with Gasteiger partial charge < -0.3 is 10.2 Å². The van der Waals surface area contributed by atoms with Crippen LogP contribution >= 0.6 is 11.3 Å². The number of hydrogen-bond donors (Lipinski definition) is 2. The van der Waals surface area contributed by atoms with Crippen LogP contribution in [0.25, 0.3) is 0 Å². The second-order valence-corrected chi connectivity index (χ2v) is 9.71. The maximum absolute atomic E-state index is 12.3. The summed E-state index contributed by atoms with van der Waals surface area (Å²) in [6.45, 7) is 3.25. The van der Waals surface area contributed by atoms with Gasteiger partial charge in [-0.25, -0.2) is 4.79 Å². The molecule has 0 bridgehead atoms. The zero-order valence-corrected chi connectivity index (χ0v) is 18.1. The number of hydrogen-bond acceptors (Lipinski definition) is 6. The molecular weight excluding hydrogens is 396 g/mol. The highest BCUT2D eigenvalue weighted by molar-refractivity contribution is 7.19. The SMILES string of the molecule is O=C(Nc1nnc(N2C[C@@H]3CCCN3C[C@@H]2Cc2ccccc2)s1)NC1CCCC1. The van der Waals surface area contributed by atoms with Crippen LogP contribution in [0.3, 0.4) is 0 Å².